The van der Waals surface area contributed by atoms with Crippen LogP contribution in [0.4, 0.5) is 0 Å². The maximum absolute atomic E-state index is 7.02. The van der Waals surface area contributed by atoms with E-state index in [1.807, 2.05) is 6.07 Å². The number of fused-ring (bicyclic) bond motifs is 26. The fraction of sp³-hybridized carbons (Fsp3) is 0.0200. The molecular formula is C100H58N4O2. The van der Waals surface area contributed by atoms with E-state index >= 15 is 0 Å². The number of hydrogen-bond donors (Lipinski definition) is 0. The number of nitrogens with zero attached hydrogens (tertiary/aromatic N) is 4. The van der Waals surface area contributed by atoms with Crippen molar-refractivity contribution in [3.05, 3.63) is 396 Å². The molecule has 490 valence electrons. The lowest BCUT2D eigenvalue weighted by Gasteiger charge is -2.31. The number of rotatable bonds is 8. The first-order valence-electron chi connectivity index (χ1n) is 36.3. The molecule has 0 amide bonds. The van der Waals surface area contributed by atoms with Crippen molar-refractivity contribution in [1.82, 2.24) is 19.9 Å². The lowest BCUT2D eigenvalue weighted by Crippen LogP contribution is -2.26. The smallest absolute Gasteiger partial charge is 0.160 e. The predicted molar refractivity (Wildman–Crippen MR) is 428 cm³/mol. The zero-order chi connectivity index (χ0) is 69.3. The van der Waals surface area contributed by atoms with Crippen molar-refractivity contribution in [2.45, 2.75) is 10.8 Å². The highest BCUT2D eigenvalue weighted by atomic mass is 16.3. The Morgan fingerprint density at radius 1 is 0.198 bits per heavy atom. The summed E-state index contributed by atoms with van der Waals surface area (Å²) in [7, 11) is 0. The van der Waals surface area contributed by atoms with Crippen LogP contribution in [0.1, 0.15) is 44.5 Å². The van der Waals surface area contributed by atoms with Crippen LogP contribution < -0.4 is 0 Å². The van der Waals surface area contributed by atoms with Crippen LogP contribution in [0.3, 0.4) is 0 Å². The van der Waals surface area contributed by atoms with Gasteiger partial charge in [0.05, 0.1) is 33.6 Å². The van der Waals surface area contributed by atoms with Crippen molar-refractivity contribution in [3.8, 4) is 135 Å². The summed E-state index contributed by atoms with van der Waals surface area (Å²) < 4.78 is 13.9. The van der Waals surface area contributed by atoms with Crippen LogP contribution in [0.5, 0.6) is 0 Å². The van der Waals surface area contributed by atoms with E-state index in [0.717, 1.165) is 139 Å². The van der Waals surface area contributed by atoms with Gasteiger partial charge in [0.25, 0.3) is 0 Å². The van der Waals surface area contributed by atoms with E-state index in [-0.39, 0.29) is 0 Å². The van der Waals surface area contributed by atoms with Crippen LogP contribution in [0.2, 0.25) is 0 Å². The summed E-state index contributed by atoms with van der Waals surface area (Å²) in [5, 5.41) is 6.76. The van der Waals surface area contributed by atoms with Crippen LogP contribution in [0.15, 0.2) is 361 Å². The molecule has 4 aromatic heterocycles. The van der Waals surface area contributed by atoms with Gasteiger partial charge in [-0.3, -0.25) is 0 Å². The third-order valence-electron chi connectivity index (χ3n) is 23.1. The summed E-state index contributed by atoms with van der Waals surface area (Å²) in [6.45, 7) is 0. The molecule has 2 spiro atoms. The molecule has 0 aliphatic heterocycles. The molecule has 0 saturated heterocycles. The Morgan fingerprint density at radius 2 is 0.557 bits per heavy atom. The summed E-state index contributed by atoms with van der Waals surface area (Å²) >= 11 is 0. The second-order valence-corrected chi connectivity index (χ2v) is 28.5. The third-order valence-corrected chi connectivity index (χ3v) is 23.1. The Labute approximate surface area is 610 Å². The highest BCUT2D eigenvalue weighted by molar-refractivity contribution is 6.07. The fourth-order valence-electron chi connectivity index (χ4n) is 18.6. The van der Waals surface area contributed by atoms with Crippen molar-refractivity contribution in [1.29, 1.82) is 0 Å². The van der Waals surface area contributed by atoms with Crippen LogP contribution in [-0.2, 0) is 10.8 Å². The first kappa shape index (κ1) is 58.7. The average molecular weight is 1350 g/mol. The van der Waals surface area contributed by atoms with Gasteiger partial charge in [0.2, 0.25) is 0 Å². The molecule has 0 fully saturated rings. The van der Waals surface area contributed by atoms with Gasteiger partial charge in [0.1, 0.15) is 22.7 Å². The molecule has 0 radical (unpaired) electrons. The molecule has 1 unspecified atom stereocenters. The van der Waals surface area contributed by atoms with Gasteiger partial charge in [-0.25, -0.2) is 19.9 Å². The molecule has 6 heteroatoms. The summed E-state index contributed by atoms with van der Waals surface area (Å²) in [5.41, 5.74) is 31.4. The zero-order valence-electron chi connectivity index (χ0n) is 57.1. The van der Waals surface area contributed by atoms with E-state index in [1.165, 1.54) is 72.3 Å². The van der Waals surface area contributed by atoms with Gasteiger partial charge in [0.15, 0.2) is 11.6 Å². The Balaban J connectivity index is 0.600. The van der Waals surface area contributed by atoms with Crippen LogP contribution in [0.25, 0.3) is 178 Å². The molecule has 15 aromatic carbocycles. The second kappa shape index (κ2) is 22.3. The molecule has 23 rings (SSSR count). The van der Waals surface area contributed by atoms with E-state index < -0.39 is 10.8 Å². The largest absolute Gasteiger partial charge is 0.456 e. The molecule has 0 N–H and O–H groups in total. The van der Waals surface area contributed by atoms with Crippen molar-refractivity contribution in [3.63, 3.8) is 0 Å². The Morgan fingerprint density at radius 3 is 1.15 bits per heavy atom. The normalized spacial score (nSPS) is 14.3. The summed E-state index contributed by atoms with van der Waals surface area (Å²) in [6, 6.07) is 127. The van der Waals surface area contributed by atoms with Crippen molar-refractivity contribution in [2.75, 3.05) is 0 Å². The molecule has 4 aliphatic rings. The van der Waals surface area contributed by atoms with Crippen LogP contribution >= 0.6 is 0 Å². The Kier molecular flexibility index (Phi) is 12.3. The molecule has 1 atom stereocenters. The van der Waals surface area contributed by atoms with E-state index in [4.69, 9.17) is 28.8 Å². The van der Waals surface area contributed by atoms with Gasteiger partial charge in [-0.2, -0.15) is 0 Å². The van der Waals surface area contributed by atoms with Gasteiger partial charge >= 0.3 is 0 Å². The first-order valence-corrected chi connectivity index (χ1v) is 36.3. The van der Waals surface area contributed by atoms with E-state index in [2.05, 4.69) is 346 Å². The lowest BCUT2D eigenvalue weighted by atomic mass is 9.68. The van der Waals surface area contributed by atoms with E-state index in [9.17, 15) is 0 Å². The molecule has 6 nitrogen and oxygen atoms in total. The minimum absolute atomic E-state index is 0.589. The van der Waals surface area contributed by atoms with Gasteiger partial charge in [-0.1, -0.05) is 309 Å². The standard InChI is InChI=1S/C100H58N4O2/c1-2-21-62(22-3-1)85-57-86(64-47-43-61(44-48-64)71-30-18-31-75-74-26-8-14-36-83(74)100(91(71)75)84-37-15-9-27-76(84)95-93(100)78-28-10-16-38-89(78)105-95)102-97(101-85)70-53-51-67-54-66(49-50-68(67)56-70)60-40-45-63(46-41-60)87-58-88(104-98(103-87)69-52-42-59-20-4-5-23-65(59)55-69)77-32-19-33-80-92(77)99(94-79-29-11-17-39-90(79)106-96(80)94)81-34-12-6-24-72(81)73-25-7-13-35-82(73)99/h1-58H. The monoisotopic (exact) mass is 1350 g/mol. The number of benzene rings is 15. The zero-order valence-corrected chi connectivity index (χ0v) is 57.1. The van der Waals surface area contributed by atoms with Crippen molar-refractivity contribution in [2.24, 2.45) is 0 Å². The van der Waals surface area contributed by atoms with E-state index in [0.29, 0.717) is 11.6 Å². The van der Waals surface area contributed by atoms with Gasteiger partial charge < -0.3 is 8.83 Å². The molecule has 19 aromatic rings. The molecule has 0 bridgehead atoms. The van der Waals surface area contributed by atoms with Gasteiger partial charge in [-0.15, -0.1) is 0 Å². The first-order chi connectivity index (χ1) is 52.5. The Bertz CT molecular complexity index is 6920. The van der Waals surface area contributed by atoms with E-state index in [1.54, 1.807) is 0 Å². The summed E-state index contributed by atoms with van der Waals surface area (Å²) in [5.74, 6) is 3.17. The van der Waals surface area contributed by atoms with Crippen molar-refractivity contribution >= 4 is 43.5 Å². The Hall–Kier alpha value is -13.9. The SMILES string of the molecule is c1ccc(-c2cc(-c3ccc(-c4cccc5c4C4(c6ccccc6-5)c5ccccc5-c5oc6ccccc6c54)cc3)nc(-c3ccc4cc(-c5ccc(-c6cc(-c7cccc8c7C7(c9ccccc9-c9ccccc97)c7c-8oc8ccccc78)nc(-c7ccc8ccccc8c7)n6)cc5)ccc4c3)n2)cc1. The molecular weight excluding hydrogens is 1290 g/mol. The minimum Gasteiger partial charge on any atom is -0.456 e. The molecule has 4 heterocycles. The van der Waals surface area contributed by atoms with Crippen molar-refractivity contribution < 1.29 is 8.83 Å². The quantitative estimate of drug-likeness (QED) is 0.151. The highest BCUT2D eigenvalue weighted by Crippen LogP contribution is 2.68. The maximum Gasteiger partial charge on any atom is 0.160 e. The highest BCUT2D eigenvalue weighted by Gasteiger charge is 2.57. The lowest BCUT2D eigenvalue weighted by molar-refractivity contribution is 0.628. The average Bonchev–Trinajstić information content (AvgIpc) is 1.50. The predicted octanol–water partition coefficient (Wildman–Crippen LogP) is 25.1. The van der Waals surface area contributed by atoms with Gasteiger partial charge in [0, 0.05) is 66.4 Å². The maximum atomic E-state index is 7.02. The molecule has 106 heavy (non-hydrogen) atoms. The second-order valence-electron chi connectivity index (χ2n) is 28.5. The van der Waals surface area contributed by atoms with Crippen LogP contribution in [0, 0.1) is 0 Å². The number of hydrogen-bond acceptors (Lipinski definition) is 6. The third kappa shape index (κ3) is 8.26. The number of para-hydroxylation sites is 2. The molecule has 0 saturated carbocycles. The summed E-state index contributed by atoms with van der Waals surface area (Å²) in [4.78, 5) is 21.8. The fourth-order valence-corrected chi connectivity index (χ4v) is 18.6. The number of furan rings is 2. The number of aromatic nitrogens is 4. The van der Waals surface area contributed by atoms with Crippen LogP contribution in [-0.4, -0.2) is 19.9 Å². The minimum atomic E-state index is -0.684. The summed E-state index contributed by atoms with van der Waals surface area (Å²) in [6.07, 6.45) is 0. The topological polar surface area (TPSA) is 77.8 Å². The molecule has 4 aliphatic carbocycles. The van der Waals surface area contributed by atoms with Gasteiger partial charge in [-0.05, 0) is 142 Å².